The van der Waals surface area contributed by atoms with Gasteiger partial charge in [0, 0.05) is 13.2 Å². The molecule has 1 aromatic carbocycles. The van der Waals surface area contributed by atoms with Crippen LogP contribution in [0.15, 0.2) is 12.3 Å². The summed E-state index contributed by atoms with van der Waals surface area (Å²) in [5.41, 5.74) is 0.557. The quantitative estimate of drug-likeness (QED) is 0.823. The molecular weight excluding hydrogens is 224 g/mol. The van der Waals surface area contributed by atoms with Crippen molar-refractivity contribution < 1.29 is 8.78 Å². The summed E-state index contributed by atoms with van der Waals surface area (Å²) in [4.78, 5) is 3.78. The number of benzene rings is 1. The molecule has 2 aromatic rings. The average Bonchev–Trinajstić information content (AvgIpc) is 2.34. The van der Waals surface area contributed by atoms with E-state index < -0.39 is 11.6 Å². The number of pyridine rings is 1. The molecule has 0 amide bonds. The number of hydrogen-bond acceptors (Lipinski definition) is 3. The number of nitrogens with zero attached hydrogens (tertiary/aromatic N) is 2. The molecule has 0 atom stereocenters. The Hall–Kier alpha value is -2.22. The molecule has 1 heterocycles. The highest BCUT2D eigenvalue weighted by Gasteiger charge is 2.16. The van der Waals surface area contributed by atoms with Crippen LogP contribution in [0, 0.1) is 29.9 Å². The lowest BCUT2D eigenvalue weighted by atomic mass is 10.1. The molecule has 17 heavy (non-hydrogen) atoms. The van der Waals surface area contributed by atoms with Crippen molar-refractivity contribution in [2.24, 2.45) is 0 Å². The first kappa shape index (κ1) is 11.3. The van der Waals surface area contributed by atoms with E-state index in [1.807, 2.05) is 6.07 Å². The van der Waals surface area contributed by atoms with Crippen LogP contribution >= 0.6 is 0 Å². The van der Waals surface area contributed by atoms with Gasteiger partial charge in [0.1, 0.15) is 23.2 Å². The van der Waals surface area contributed by atoms with Gasteiger partial charge in [0.25, 0.3) is 0 Å². The summed E-state index contributed by atoms with van der Waals surface area (Å²) in [6, 6.07) is 2.98. The molecule has 0 aliphatic heterocycles. The molecule has 0 bridgehead atoms. The van der Waals surface area contributed by atoms with Crippen LogP contribution < -0.4 is 5.32 Å². The number of aromatic nitrogens is 1. The fourth-order valence-electron chi connectivity index (χ4n) is 1.77. The van der Waals surface area contributed by atoms with Crippen molar-refractivity contribution in [3.63, 3.8) is 0 Å². The first-order valence-corrected chi connectivity index (χ1v) is 4.95. The van der Waals surface area contributed by atoms with Crippen LogP contribution in [0.1, 0.15) is 11.1 Å². The molecule has 86 valence electrons. The van der Waals surface area contributed by atoms with E-state index in [0.29, 0.717) is 0 Å². The van der Waals surface area contributed by atoms with Crippen molar-refractivity contribution in [2.45, 2.75) is 6.92 Å². The average molecular weight is 233 g/mol. The SMILES string of the molecule is CNc1c(C#N)cnc2c(F)cc(C)c(F)c12. The number of rotatable bonds is 1. The highest BCUT2D eigenvalue weighted by Crippen LogP contribution is 2.30. The van der Waals surface area contributed by atoms with Crippen molar-refractivity contribution in [2.75, 3.05) is 12.4 Å². The Bertz CT molecular complexity index is 644. The van der Waals surface area contributed by atoms with Gasteiger partial charge in [-0.2, -0.15) is 5.26 Å². The third-order valence-electron chi connectivity index (χ3n) is 2.58. The van der Waals surface area contributed by atoms with Gasteiger partial charge in [-0.25, -0.2) is 8.78 Å². The minimum Gasteiger partial charge on any atom is -0.386 e. The molecule has 0 radical (unpaired) electrons. The molecule has 5 heteroatoms. The zero-order chi connectivity index (χ0) is 12.6. The number of halogens is 2. The largest absolute Gasteiger partial charge is 0.386 e. The monoisotopic (exact) mass is 233 g/mol. The number of fused-ring (bicyclic) bond motifs is 1. The Labute approximate surface area is 96.7 Å². The molecule has 0 fully saturated rings. The second-order valence-corrected chi connectivity index (χ2v) is 3.62. The number of anilines is 1. The Morgan fingerprint density at radius 2 is 2.12 bits per heavy atom. The second-order valence-electron chi connectivity index (χ2n) is 3.62. The Morgan fingerprint density at radius 3 is 2.71 bits per heavy atom. The standard InChI is InChI=1S/C12H9F2N3/c1-6-3-8(13)12-9(10(6)14)11(16-2)7(4-15)5-17-12/h3,5H,1-2H3,(H,16,17). The normalized spacial score (nSPS) is 10.3. The van der Waals surface area contributed by atoms with Crippen molar-refractivity contribution in [1.82, 2.24) is 4.98 Å². The molecule has 0 unspecified atom stereocenters. The van der Waals surface area contributed by atoms with Crippen LogP contribution in [0.25, 0.3) is 10.9 Å². The van der Waals surface area contributed by atoms with Gasteiger partial charge in [-0.1, -0.05) is 0 Å². The maximum atomic E-state index is 14.0. The molecule has 0 aliphatic carbocycles. The van der Waals surface area contributed by atoms with E-state index >= 15 is 0 Å². The highest BCUT2D eigenvalue weighted by molar-refractivity contribution is 5.95. The number of nitrogens with one attached hydrogen (secondary N) is 1. The van der Waals surface area contributed by atoms with Crippen LogP contribution in [0.4, 0.5) is 14.5 Å². The molecule has 0 saturated carbocycles. The maximum absolute atomic E-state index is 14.0. The fraction of sp³-hybridized carbons (Fsp3) is 0.167. The second kappa shape index (κ2) is 3.98. The molecule has 0 aliphatic rings. The van der Waals surface area contributed by atoms with Gasteiger partial charge in [-0.05, 0) is 18.6 Å². The van der Waals surface area contributed by atoms with E-state index in [-0.39, 0.29) is 27.7 Å². The van der Waals surface area contributed by atoms with E-state index in [0.717, 1.165) is 6.07 Å². The first-order chi connectivity index (χ1) is 8.10. The Morgan fingerprint density at radius 1 is 1.41 bits per heavy atom. The summed E-state index contributed by atoms with van der Waals surface area (Å²) in [6.45, 7) is 1.47. The maximum Gasteiger partial charge on any atom is 0.149 e. The van der Waals surface area contributed by atoms with Crippen molar-refractivity contribution in [1.29, 1.82) is 5.26 Å². The zero-order valence-electron chi connectivity index (χ0n) is 9.31. The van der Waals surface area contributed by atoms with E-state index in [1.165, 1.54) is 13.1 Å². The van der Waals surface area contributed by atoms with Gasteiger partial charge < -0.3 is 5.32 Å². The predicted molar refractivity (Wildman–Crippen MR) is 60.7 cm³/mol. The minimum absolute atomic E-state index is 0.0176. The molecular formula is C12H9F2N3. The zero-order valence-corrected chi connectivity index (χ0v) is 9.31. The molecule has 2 rings (SSSR count). The summed E-state index contributed by atoms with van der Waals surface area (Å²) >= 11 is 0. The van der Waals surface area contributed by atoms with Gasteiger partial charge in [-0.3, -0.25) is 4.98 Å². The molecule has 1 aromatic heterocycles. The third-order valence-corrected chi connectivity index (χ3v) is 2.58. The lowest BCUT2D eigenvalue weighted by Crippen LogP contribution is -2.00. The summed E-state index contributed by atoms with van der Waals surface area (Å²) in [5, 5.41) is 11.6. The van der Waals surface area contributed by atoms with E-state index in [4.69, 9.17) is 5.26 Å². The molecule has 3 nitrogen and oxygen atoms in total. The van der Waals surface area contributed by atoms with Crippen LogP contribution in [0.5, 0.6) is 0 Å². The summed E-state index contributed by atoms with van der Waals surface area (Å²) in [5.74, 6) is -1.16. The van der Waals surface area contributed by atoms with Crippen molar-refractivity contribution >= 4 is 16.6 Å². The highest BCUT2D eigenvalue weighted by atomic mass is 19.1. The Kier molecular flexibility index (Phi) is 2.64. The molecule has 0 saturated heterocycles. The lowest BCUT2D eigenvalue weighted by molar-refractivity contribution is 0.608. The molecule has 1 N–H and O–H groups in total. The van der Waals surface area contributed by atoms with Gasteiger partial charge in [0.15, 0.2) is 0 Å². The van der Waals surface area contributed by atoms with Gasteiger partial charge in [-0.15, -0.1) is 0 Å². The molecule has 0 spiro atoms. The van der Waals surface area contributed by atoms with Crippen LogP contribution in [-0.2, 0) is 0 Å². The van der Waals surface area contributed by atoms with E-state index in [1.54, 1.807) is 7.05 Å². The van der Waals surface area contributed by atoms with E-state index in [2.05, 4.69) is 10.3 Å². The minimum atomic E-state index is -0.597. The van der Waals surface area contributed by atoms with E-state index in [9.17, 15) is 8.78 Å². The number of aryl methyl sites for hydroxylation is 1. The summed E-state index contributed by atoms with van der Waals surface area (Å²) in [6.07, 6.45) is 1.23. The number of nitriles is 1. The van der Waals surface area contributed by atoms with Gasteiger partial charge >= 0.3 is 0 Å². The fourth-order valence-corrected chi connectivity index (χ4v) is 1.77. The van der Waals surface area contributed by atoms with Crippen molar-refractivity contribution in [3.8, 4) is 6.07 Å². The smallest absolute Gasteiger partial charge is 0.149 e. The lowest BCUT2D eigenvalue weighted by Gasteiger charge is -2.10. The predicted octanol–water partition coefficient (Wildman–Crippen LogP) is 2.73. The van der Waals surface area contributed by atoms with Gasteiger partial charge in [0.05, 0.1) is 16.6 Å². The van der Waals surface area contributed by atoms with Gasteiger partial charge in [0.2, 0.25) is 0 Å². The summed E-state index contributed by atoms with van der Waals surface area (Å²) in [7, 11) is 1.55. The summed E-state index contributed by atoms with van der Waals surface area (Å²) < 4.78 is 27.6. The third kappa shape index (κ3) is 1.58. The first-order valence-electron chi connectivity index (χ1n) is 4.95. The van der Waals surface area contributed by atoms with Crippen molar-refractivity contribution in [3.05, 3.63) is 35.0 Å². The Balaban J connectivity index is 3.03. The van der Waals surface area contributed by atoms with Crippen LogP contribution in [0.2, 0.25) is 0 Å². The topological polar surface area (TPSA) is 48.7 Å². The van der Waals surface area contributed by atoms with Crippen LogP contribution in [-0.4, -0.2) is 12.0 Å². The van der Waals surface area contributed by atoms with Crippen LogP contribution in [0.3, 0.4) is 0 Å². The number of hydrogen-bond donors (Lipinski definition) is 1.